The molecule has 0 saturated carbocycles. The van der Waals surface area contributed by atoms with Gasteiger partial charge in [0.1, 0.15) is 0 Å². The Bertz CT molecular complexity index is 50.3. The molecule has 0 heteroatoms. The van der Waals surface area contributed by atoms with Crippen LogP contribution in [0.25, 0.3) is 0 Å². The van der Waals surface area contributed by atoms with Gasteiger partial charge in [0.2, 0.25) is 0 Å². The number of hydrogen-bond acceptors (Lipinski definition) is 0. The molecule has 0 aliphatic carbocycles. The van der Waals surface area contributed by atoms with Gasteiger partial charge in [0.15, 0.2) is 0 Å². The topological polar surface area (TPSA) is 0 Å². The van der Waals surface area contributed by atoms with E-state index in [2.05, 4.69) is 20.8 Å². The Morgan fingerprint density at radius 3 is 0.882 bits per heavy atom. The highest BCUT2D eigenvalue weighted by atomic mass is 14.0. The van der Waals surface area contributed by atoms with Crippen molar-refractivity contribution in [3.63, 3.8) is 0 Å². The van der Waals surface area contributed by atoms with Crippen molar-refractivity contribution in [3.05, 3.63) is 0 Å². The Labute approximate surface area is 127 Å². The summed E-state index contributed by atoms with van der Waals surface area (Å²) in [6, 6.07) is 0. The molecule has 17 heavy (non-hydrogen) atoms. The second kappa shape index (κ2) is 73.5. The molecule has 0 amide bonds. The maximum absolute atomic E-state index is 2.34. The van der Waals surface area contributed by atoms with Crippen LogP contribution in [0.15, 0.2) is 0 Å². The summed E-state index contributed by atoms with van der Waals surface area (Å²) in [7, 11) is 0. The van der Waals surface area contributed by atoms with Gasteiger partial charge in [0, 0.05) is 7.13 Å². The van der Waals surface area contributed by atoms with Crippen molar-refractivity contribution in [1.29, 1.82) is 0 Å². The minimum absolute atomic E-state index is 0. The van der Waals surface area contributed by atoms with Crippen LogP contribution < -0.4 is 0 Å². The lowest BCUT2D eigenvalue weighted by molar-refractivity contribution is 0.480. The van der Waals surface area contributed by atoms with Gasteiger partial charge < -0.3 is 0 Å². The summed E-state index contributed by atoms with van der Waals surface area (Å²) < 4.78 is 0. The quantitative estimate of drug-likeness (QED) is 0.475. The lowest BCUT2D eigenvalue weighted by Gasteiger charge is -2.05. The molecule has 0 nitrogen and oxygen atoms in total. The van der Waals surface area contributed by atoms with Crippen LogP contribution in [0.1, 0.15) is 120 Å². The van der Waals surface area contributed by atoms with Gasteiger partial charge in [-0.15, -0.1) is 0 Å². The van der Waals surface area contributed by atoms with Crippen molar-refractivity contribution < 1.29 is 7.13 Å². The van der Waals surface area contributed by atoms with E-state index in [1.807, 2.05) is 0 Å². The largest absolute Gasteiger partial charge is 0.0776 e. The number of rotatable bonds is 4. The molecule has 0 N–H and O–H groups in total. The molecule has 0 atom stereocenters. The Morgan fingerprint density at radius 2 is 0.765 bits per heavy atom. The molecule has 0 spiro atoms. The van der Waals surface area contributed by atoms with Gasteiger partial charge >= 0.3 is 0 Å². The van der Waals surface area contributed by atoms with Crippen LogP contribution in [0, 0.1) is 5.92 Å². The van der Waals surface area contributed by atoms with E-state index in [0.717, 1.165) is 5.92 Å². The Hall–Kier alpha value is 0. The molecular formula is C17H64. The van der Waals surface area contributed by atoms with E-state index >= 15 is 0 Å². The van der Waals surface area contributed by atoms with Crippen LogP contribution in [0.2, 0.25) is 0 Å². The van der Waals surface area contributed by atoms with Crippen LogP contribution in [-0.2, 0) is 0 Å². The molecule has 0 unspecified atom stereocenters. The zero-order chi connectivity index (χ0) is 6.41. The summed E-state index contributed by atoms with van der Waals surface area (Å²) in [4.78, 5) is 0. The van der Waals surface area contributed by atoms with E-state index in [-0.39, 0.29) is 74.0 Å². The second-order valence-electron chi connectivity index (χ2n) is 2.68. The Kier molecular flexibility index (Phi) is 384. The third-order valence-corrected chi connectivity index (χ3v) is 1.56. The second-order valence-corrected chi connectivity index (χ2v) is 2.68. The van der Waals surface area contributed by atoms with Crippen molar-refractivity contribution in [2.24, 2.45) is 5.92 Å². The molecule has 0 aromatic heterocycles. The molecule has 0 radical (unpaired) electrons. The molecule has 0 aliphatic heterocycles. The van der Waals surface area contributed by atoms with Crippen molar-refractivity contribution in [2.45, 2.75) is 113 Å². The minimum atomic E-state index is 0. The molecule has 0 bridgehead atoms. The van der Waals surface area contributed by atoms with E-state index in [1.165, 1.54) is 25.7 Å². The van der Waals surface area contributed by atoms with Crippen LogP contribution in [0.5, 0.6) is 0 Å². The van der Waals surface area contributed by atoms with Gasteiger partial charge in [-0.2, -0.15) is 0 Å². The highest BCUT2D eigenvalue weighted by Crippen LogP contribution is 2.10. The first-order valence-electron chi connectivity index (χ1n) is 3.81. The van der Waals surface area contributed by atoms with E-state index < -0.39 is 0 Å². The monoisotopic (exact) mass is 269 g/mol. The summed E-state index contributed by atoms with van der Waals surface area (Å²) >= 11 is 0. The van der Waals surface area contributed by atoms with Gasteiger partial charge in [0.25, 0.3) is 0 Å². The Morgan fingerprint density at radius 1 is 0.588 bits per heavy atom. The highest BCUT2D eigenvalue weighted by molar-refractivity contribution is 4.48. The molecule has 0 aromatic carbocycles. The third kappa shape index (κ3) is 87.1. The standard InChI is InChI=1S/C8H18.9CH4.5H2/c1-4-6-8(3)7-5-2;;;;;;;;;;;;;;/h8H,4-7H2,1-3H3;9*1H4;5*1H. The molecule has 0 aliphatic rings. The Balaban J connectivity index is -0.00000000269. The third-order valence-electron chi connectivity index (χ3n) is 1.56. The van der Waals surface area contributed by atoms with Gasteiger partial charge in [-0.25, -0.2) is 0 Å². The molecule has 0 saturated heterocycles. The van der Waals surface area contributed by atoms with Gasteiger partial charge in [-0.1, -0.05) is 113 Å². The smallest absolute Gasteiger partial charge is 0 e. The fourth-order valence-corrected chi connectivity index (χ4v) is 1.13. The predicted octanol–water partition coefficient (Wildman–Crippen LogP) is 10.2. The van der Waals surface area contributed by atoms with Gasteiger partial charge in [0.05, 0.1) is 0 Å². The van der Waals surface area contributed by atoms with Crippen molar-refractivity contribution in [2.75, 3.05) is 0 Å². The average Bonchev–Trinajstić information content (AvgIpc) is 1.68. The summed E-state index contributed by atoms with van der Waals surface area (Å²) in [5.74, 6) is 0.963. The van der Waals surface area contributed by atoms with Crippen molar-refractivity contribution in [1.82, 2.24) is 0 Å². The van der Waals surface area contributed by atoms with E-state index in [0.29, 0.717) is 0 Å². The molecule has 132 valence electrons. The fraction of sp³-hybridized carbons (Fsp3) is 1.00. The minimum Gasteiger partial charge on any atom is -0.0776 e. The summed E-state index contributed by atoms with van der Waals surface area (Å²) in [6.45, 7) is 6.85. The normalized spacial score (nSPS) is 4.94. The molecular weight excluding hydrogens is 204 g/mol. The van der Waals surface area contributed by atoms with Crippen molar-refractivity contribution >= 4 is 0 Å². The van der Waals surface area contributed by atoms with E-state index in [1.54, 1.807) is 0 Å². The maximum Gasteiger partial charge on any atom is 0 e. The van der Waals surface area contributed by atoms with Crippen molar-refractivity contribution in [3.8, 4) is 0 Å². The molecule has 0 rings (SSSR count). The van der Waals surface area contributed by atoms with Crippen LogP contribution in [0.4, 0.5) is 0 Å². The van der Waals surface area contributed by atoms with Crippen LogP contribution in [0.3, 0.4) is 0 Å². The highest BCUT2D eigenvalue weighted by Gasteiger charge is 1.95. The maximum atomic E-state index is 2.34. The number of hydrogen-bond donors (Lipinski definition) is 0. The van der Waals surface area contributed by atoms with E-state index in [4.69, 9.17) is 0 Å². The molecule has 0 aromatic rings. The van der Waals surface area contributed by atoms with Crippen LogP contribution in [-0.4, -0.2) is 0 Å². The van der Waals surface area contributed by atoms with E-state index in [9.17, 15) is 0 Å². The lowest BCUT2D eigenvalue weighted by atomic mass is 10.0. The summed E-state index contributed by atoms with van der Waals surface area (Å²) in [5.41, 5.74) is 0. The summed E-state index contributed by atoms with van der Waals surface area (Å²) in [6.07, 6.45) is 5.52. The predicted molar refractivity (Wildman–Crippen MR) is 110 cm³/mol. The zero-order valence-electron chi connectivity index (χ0n) is 6.41. The summed E-state index contributed by atoms with van der Waals surface area (Å²) in [5, 5.41) is 0. The van der Waals surface area contributed by atoms with Crippen LogP contribution >= 0.6 is 0 Å². The fourth-order valence-electron chi connectivity index (χ4n) is 1.13. The lowest BCUT2D eigenvalue weighted by Crippen LogP contribution is -1.91. The zero-order valence-corrected chi connectivity index (χ0v) is 6.41. The first kappa shape index (κ1) is 88.8. The average molecular weight is 269 g/mol. The first-order valence-corrected chi connectivity index (χ1v) is 3.81. The van der Waals surface area contributed by atoms with Gasteiger partial charge in [-0.3, -0.25) is 0 Å². The molecule has 0 heterocycles. The first-order chi connectivity index (χ1) is 3.81. The van der Waals surface area contributed by atoms with Gasteiger partial charge in [-0.05, 0) is 5.92 Å². The molecule has 0 fully saturated rings. The SMILES string of the molecule is C.C.C.C.C.C.C.C.C.CCCC(C)CCC.[HH].[HH].[HH].[HH].[HH].